The van der Waals surface area contributed by atoms with Crippen LogP contribution in [0.3, 0.4) is 0 Å². The van der Waals surface area contributed by atoms with E-state index in [4.69, 9.17) is 5.21 Å². The van der Waals surface area contributed by atoms with E-state index < -0.39 is 17.9 Å². The molecule has 1 spiro atoms. The number of carbonyl (C=O) groups is 2. The van der Waals surface area contributed by atoms with Gasteiger partial charge in [0.15, 0.2) is 0 Å². The van der Waals surface area contributed by atoms with Crippen LogP contribution in [-0.4, -0.2) is 48.1 Å². The maximum absolute atomic E-state index is 12.4. The highest BCUT2D eigenvalue weighted by atomic mass is 16.5. The largest absolute Gasteiger partial charge is 0.354 e. The zero-order valence-electron chi connectivity index (χ0n) is 12.5. The molecule has 0 aromatic rings. The fraction of sp³-hybridized carbons (Fsp3) is 0.857. The zero-order chi connectivity index (χ0) is 14.9. The Morgan fingerprint density at radius 1 is 1.35 bits per heavy atom. The van der Waals surface area contributed by atoms with Crippen molar-refractivity contribution in [1.29, 1.82) is 0 Å². The third kappa shape index (κ3) is 3.12. The molecule has 0 aromatic carbocycles. The van der Waals surface area contributed by atoms with Crippen molar-refractivity contribution in [2.45, 2.75) is 39.2 Å². The van der Waals surface area contributed by atoms with Crippen LogP contribution in [0.1, 0.15) is 33.1 Å². The topological polar surface area (TPSA) is 81.7 Å². The normalized spacial score (nSPS) is 28.4. The Kier molecular flexibility index (Phi) is 4.34. The summed E-state index contributed by atoms with van der Waals surface area (Å²) >= 11 is 0. The number of nitrogens with zero attached hydrogens (tertiary/aromatic N) is 1. The molecule has 2 rings (SSSR count). The van der Waals surface area contributed by atoms with Crippen molar-refractivity contribution in [1.82, 2.24) is 15.7 Å². The van der Waals surface area contributed by atoms with E-state index in [1.807, 2.05) is 25.8 Å². The van der Waals surface area contributed by atoms with Gasteiger partial charge in [-0.1, -0.05) is 13.8 Å². The van der Waals surface area contributed by atoms with Gasteiger partial charge in [0.1, 0.15) is 6.04 Å². The molecular weight excluding hydrogens is 258 g/mol. The Morgan fingerprint density at radius 3 is 2.50 bits per heavy atom. The molecule has 3 N–H and O–H groups in total. The second-order valence-electron chi connectivity index (χ2n) is 6.79. The van der Waals surface area contributed by atoms with Gasteiger partial charge >= 0.3 is 0 Å². The number of likely N-dealkylation sites (tertiary alicyclic amines) is 1. The van der Waals surface area contributed by atoms with Gasteiger partial charge in [0.05, 0.1) is 5.92 Å². The first kappa shape index (κ1) is 15.3. The first-order valence-corrected chi connectivity index (χ1v) is 7.30. The summed E-state index contributed by atoms with van der Waals surface area (Å²) in [5.41, 5.74) is 1.91. The summed E-state index contributed by atoms with van der Waals surface area (Å²) in [6, 6.07) is -0.493. The lowest BCUT2D eigenvalue weighted by molar-refractivity contribution is -0.145. The van der Waals surface area contributed by atoms with E-state index in [1.54, 1.807) is 5.48 Å². The molecule has 1 aliphatic heterocycles. The van der Waals surface area contributed by atoms with Gasteiger partial charge in [-0.15, -0.1) is 0 Å². The maximum Gasteiger partial charge on any atom is 0.248 e. The minimum absolute atomic E-state index is 0.120. The van der Waals surface area contributed by atoms with Gasteiger partial charge in [0, 0.05) is 13.1 Å². The summed E-state index contributed by atoms with van der Waals surface area (Å²) in [5, 5.41) is 11.8. The Balaban J connectivity index is 2.09. The highest BCUT2D eigenvalue weighted by Gasteiger charge is 2.54. The van der Waals surface area contributed by atoms with Crippen LogP contribution in [0, 0.1) is 17.3 Å². The Hall–Kier alpha value is -1.14. The van der Waals surface area contributed by atoms with Crippen LogP contribution in [0.25, 0.3) is 0 Å². The van der Waals surface area contributed by atoms with Crippen molar-refractivity contribution in [2.24, 2.45) is 17.3 Å². The number of hydroxylamine groups is 1. The highest BCUT2D eigenvalue weighted by molar-refractivity contribution is 5.90. The van der Waals surface area contributed by atoms with Crippen LogP contribution in [0.4, 0.5) is 0 Å². The number of rotatable bonds is 4. The molecule has 0 bridgehead atoms. The van der Waals surface area contributed by atoms with E-state index >= 15 is 0 Å². The average molecular weight is 283 g/mol. The molecule has 6 nitrogen and oxygen atoms in total. The molecule has 2 aliphatic rings. The van der Waals surface area contributed by atoms with Gasteiger partial charge in [-0.05, 0) is 37.6 Å². The molecule has 1 saturated heterocycles. The molecule has 2 amide bonds. The van der Waals surface area contributed by atoms with E-state index in [0.717, 1.165) is 19.4 Å². The zero-order valence-corrected chi connectivity index (χ0v) is 12.5. The van der Waals surface area contributed by atoms with Crippen LogP contribution in [0.5, 0.6) is 0 Å². The Labute approximate surface area is 119 Å². The first-order chi connectivity index (χ1) is 9.38. The maximum atomic E-state index is 12.4. The molecule has 2 unspecified atom stereocenters. The third-order valence-corrected chi connectivity index (χ3v) is 4.45. The first-order valence-electron chi connectivity index (χ1n) is 7.30. The van der Waals surface area contributed by atoms with E-state index in [0.29, 0.717) is 18.9 Å². The van der Waals surface area contributed by atoms with E-state index in [2.05, 4.69) is 5.32 Å². The lowest BCUT2D eigenvalue weighted by atomic mass is 9.80. The van der Waals surface area contributed by atoms with Gasteiger partial charge in [-0.25, -0.2) is 5.48 Å². The fourth-order valence-electron chi connectivity index (χ4n) is 3.23. The third-order valence-electron chi connectivity index (χ3n) is 4.45. The van der Waals surface area contributed by atoms with Gasteiger partial charge in [-0.2, -0.15) is 0 Å². The number of hydrogen-bond donors (Lipinski definition) is 3. The molecule has 1 heterocycles. The van der Waals surface area contributed by atoms with Crippen LogP contribution in [0.2, 0.25) is 0 Å². The van der Waals surface area contributed by atoms with Crippen LogP contribution >= 0.6 is 0 Å². The fourth-order valence-corrected chi connectivity index (χ4v) is 3.23. The predicted molar refractivity (Wildman–Crippen MR) is 74.0 cm³/mol. The van der Waals surface area contributed by atoms with Crippen molar-refractivity contribution >= 4 is 11.8 Å². The molecule has 114 valence electrons. The van der Waals surface area contributed by atoms with Gasteiger partial charge in [0.25, 0.3) is 0 Å². The lowest BCUT2D eigenvalue weighted by Gasteiger charge is -2.41. The monoisotopic (exact) mass is 283 g/mol. The molecule has 6 heteroatoms. The SMILES string of the molecule is CC(C)CNC(=O)C1C(C(=O)NO)CC2(CC2)CN1C. The molecule has 0 radical (unpaired) electrons. The number of hydrogen-bond acceptors (Lipinski definition) is 4. The van der Waals surface area contributed by atoms with Gasteiger partial charge in [-0.3, -0.25) is 19.7 Å². The summed E-state index contributed by atoms with van der Waals surface area (Å²) in [4.78, 5) is 26.2. The Bertz CT molecular complexity index is 393. The number of likely N-dealkylation sites (N-methyl/N-ethyl adjacent to an activating group) is 1. The number of nitrogens with one attached hydrogen (secondary N) is 2. The van der Waals surface area contributed by atoms with Gasteiger partial charge < -0.3 is 5.32 Å². The van der Waals surface area contributed by atoms with Crippen LogP contribution in [-0.2, 0) is 9.59 Å². The van der Waals surface area contributed by atoms with Crippen LogP contribution in [0.15, 0.2) is 0 Å². The quantitative estimate of drug-likeness (QED) is 0.514. The molecule has 1 aliphatic carbocycles. The molecule has 2 atom stereocenters. The van der Waals surface area contributed by atoms with Crippen molar-refractivity contribution in [3.8, 4) is 0 Å². The van der Waals surface area contributed by atoms with E-state index in [9.17, 15) is 9.59 Å². The van der Waals surface area contributed by atoms with Crippen molar-refractivity contribution < 1.29 is 14.8 Å². The molecule has 1 saturated carbocycles. The smallest absolute Gasteiger partial charge is 0.248 e. The average Bonchev–Trinajstić information content (AvgIpc) is 3.13. The minimum Gasteiger partial charge on any atom is -0.354 e. The summed E-state index contributed by atoms with van der Waals surface area (Å²) < 4.78 is 0. The number of carbonyl (C=O) groups excluding carboxylic acids is 2. The van der Waals surface area contributed by atoms with Gasteiger partial charge in [0.2, 0.25) is 11.8 Å². The molecule has 0 aromatic heterocycles. The Morgan fingerprint density at radius 2 is 2.00 bits per heavy atom. The minimum atomic E-state index is -0.493. The summed E-state index contributed by atoms with van der Waals surface area (Å²) in [6.45, 7) is 5.51. The summed E-state index contributed by atoms with van der Waals surface area (Å²) in [6.07, 6.45) is 2.89. The molecule has 20 heavy (non-hydrogen) atoms. The standard InChI is InChI=1S/C14H25N3O3/c1-9(2)7-15-13(19)11-10(12(18)16-20)6-14(4-5-14)8-17(11)3/h9-11,20H,4-8H2,1-3H3,(H,15,19)(H,16,18). The number of amides is 2. The van der Waals surface area contributed by atoms with E-state index in [1.165, 1.54) is 0 Å². The van der Waals surface area contributed by atoms with Crippen molar-refractivity contribution in [3.05, 3.63) is 0 Å². The molecule has 2 fully saturated rings. The number of piperidine rings is 1. The second kappa shape index (κ2) is 5.69. The lowest BCUT2D eigenvalue weighted by Crippen LogP contribution is -2.58. The summed E-state index contributed by atoms with van der Waals surface area (Å²) in [7, 11) is 1.89. The second-order valence-corrected chi connectivity index (χ2v) is 6.79. The van der Waals surface area contributed by atoms with Crippen molar-refractivity contribution in [3.63, 3.8) is 0 Å². The van der Waals surface area contributed by atoms with Crippen LogP contribution < -0.4 is 10.8 Å². The van der Waals surface area contributed by atoms with E-state index in [-0.39, 0.29) is 11.3 Å². The molecular formula is C14H25N3O3. The predicted octanol–water partition coefficient (Wildman–Crippen LogP) is 0.365. The highest BCUT2D eigenvalue weighted by Crippen LogP contribution is 2.54. The van der Waals surface area contributed by atoms with Crippen molar-refractivity contribution in [2.75, 3.05) is 20.1 Å². The summed E-state index contributed by atoms with van der Waals surface area (Å²) in [5.74, 6) is -0.682.